The maximum atomic E-state index is 10.8. The van der Waals surface area contributed by atoms with Gasteiger partial charge in [-0.15, -0.1) is 24.0 Å². The predicted molar refractivity (Wildman–Crippen MR) is 131 cm³/mol. The molecule has 2 aromatic carbocycles. The normalized spacial score (nSPS) is 11.9. The molecule has 30 heavy (non-hydrogen) atoms. The van der Waals surface area contributed by atoms with Crippen LogP contribution in [0.3, 0.4) is 0 Å². The molecule has 1 unspecified atom stereocenters. The van der Waals surface area contributed by atoms with Gasteiger partial charge in [0.25, 0.3) is 5.91 Å². The van der Waals surface area contributed by atoms with Gasteiger partial charge in [-0.3, -0.25) is 4.79 Å². The number of nitrogens with zero attached hydrogens (tertiary/aromatic N) is 1. The van der Waals surface area contributed by atoms with Crippen LogP contribution in [0, 0.1) is 0 Å². The molecule has 164 valence electrons. The maximum absolute atomic E-state index is 10.8. The molecule has 0 bridgehead atoms. The second-order valence-corrected chi connectivity index (χ2v) is 7.07. The van der Waals surface area contributed by atoms with E-state index in [1.54, 1.807) is 30.3 Å². The quantitative estimate of drug-likeness (QED) is 0.212. The Kier molecular flexibility index (Phi) is 11.9. The summed E-state index contributed by atoms with van der Waals surface area (Å²) in [5, 5.41) is 17.5. The first-order chi connectivity index (χ1) is 13.9. The lowest BCUT2D eigenvalue weighted by Crippen LogP contribution is -2.39. The van der Waals surface area contributed by atoms with E-state index >= 15 is 0 Å². The Hall–Kier alpha value is -1.75. The molecule has 0 spiro atoms. The van der Waals surface area contributed by atoms with E-state index in [0.29, 0.717) is 40.4 Å². The summed E-state index contributed by atoms with van der Waals surface area (Å²) in [5.41, 5.74) is 6.60. The van der Waals surface area contributed by atoms with E-state index in [9.17, 15) is 9.90 Å². The number of aliphatic hydroxyl groups is 1. The molecule has 0 radical (unpaired) electrons. The van der Waals surface area contributed by atoms with Gasteiger partial charge in [0.1, 0.15) is 5.75 Å². The first-order valence-electron chi connectivity index (χ1n) is 9.03. The minimum absolute atomic E-state index is 0. The second kappa shape index (κ2) is 13.5. The van der Waals surface area contributed by atoms with Gasteiger partial charge in [0, 0.05) is 23.1 Å². The number of amides is 1. The van der Waals surface area contributed by atoms with Crippen molar-refractivity contribution in [2.75, 3.05) is 19.7 Å². The molecule has 0 heterocycles. The Labute approximate surface area is 203 Å². The Morgan fingerprint density at radius 2 is 1.90 bits per heavy atom. The number of carbonyl (C=O) groups excluding carboxylic acids is 1. The number of aliphatic imine (C=N–C) groups is 1. The maximum Gasteiger partial charge on any atom is 0.255 e. The summed E-state index contributed by atoms with van der Waals surface area (Å²) in [6.07, 6.45) is -0.805. The van der Waals surface area contributed by atoms with Gasteiger partial charge in [-0.1, -0.05) is 35.3 Å². The van der Waals surface area contributed by atoms with Crippen molar-refractivity contribution in [3.8, 4) is 5.75 Å². The molecule has 0 saturated carbocycles. The monoisotopic (exact) mass is 566 g/mol. The summed E-state index contributed by atoms with van der Waals surface area (Å²) >= 11 is 12.0. The minimum Gasteiger partial charge on any atom is -0.484 e. The third kappa shape index (κ3) is 9.38. The molecule has 5 N–H and O–H groups in total. The van der Waals surface area contributed by atoms with Crippen molar-refractivity contribution >= 4 is 59.0 Å². The predicted octanol–water partition coefficient (Wildman–Crippen LogP) is 3.26. The standard InChI is InChI=1S/C20H24Cl2N4O3.HI/c1-2-24-20(26-11-18(27)14-7-15(21)9-16(22)8-14)25-10-13-4-3-5-17(6-13)29-12-19(23)28;/h3-9,18,27H,2,10-12H2,1H3,(H2,23,28)(H2,24,25,26);1H. The number of hydrogen-bond acceptors (Lipinski definition) is 4. The number of carbonyl (C=O) groups is 1. The molecule has 2 aromatic rings. The van der Waals surface area contributed by atoms with Crippen LogP contribution in [0.4, 0.5) is 0 Å². The zero-order valence-electron chi connectivity index (χ0n) is 16.4. The molecule has 0 aliphatic carbocycles. The van der Waals surface area contributed by atoms with Gasteiger partial charge in [-0.25, -0.2) is 4.99 Å². The van der Waals surface area contributed by atoms with E-state index in [4.69, 9.17) is 33.7 Å². The van der Waals surface area contributed by atoms with Crippen LogP contribution in [0.25, 0.3) is 0 Å². The van der Waals surface area contributed by atoms with Crippen molar-refractivity contribution in [3.05, 3.63) is 63.6 Å². The van der Waals surface area contributed by atoms with E-state index in [1.807, 2.05) is 19.1 Å². The number of hydrogen-bond donors (Lipinski definition) is 4. The zero-order valence-corrected chi connectivity index (χ0v) is 20.2. The number of guanidine groups is 1. The van der Waals surface area contributed by atoms with Crippen LogP contribution < -0.4 is 21.1 Å². The van der Waals surface area contributed by atoms with Gasteiger partial charge in [-0.2, -0.15) is 0 Å². The molecule has 0 aliphatic rings. The van der Waals surface area contributed by atoms with Crippen molar-refractivity contribution < 1.29 is 14.6 Å². The number of benzene rings is 2. The first-order valence-corrected chi connectivity index (χ1v) is 9.79. The van der Waals surface area contributed by atoms with Crippen molar-refractivity contribution in [2.24, 2.45) is 10.7 Å². The highest BCUT2D eigenvalue weighted by Gasteiger charge is 2.10. The van der Waals surface area contributed by atoms with Gasteiger partial charge >= 0.3 is 0 Å². The number of ether oxygens (including phenoxy) is 1. The third-order valence-electron chi connectivity index (χ3n) is 3.78. The average molecular weight is 567 g/mol. The van der Waals surface area contributed by atoms with Gasteiger partial charge in [0.15, 0.2) is 12.6 Å². The summed E-state index contributed by atoms with van der Waals surface area (Å²) in [6.45, 7) is 3.03. The molecule has 1 amide bonds. The Bertz CT molecular complexity index is 847. The molecular weight excluding hydrogens is 542 g/mol. The zero-order chi connectivity index (χ0) is 21.2. The SMILES string of the molecule is CCNC(=NCc1cccc(OCC(N)=O)c1)NCC(O)c1cc(Cl)cc(Cl)c1.I. The largest absolute Gasteiger partial charge is 0.484 e. The smallest absolute Gasteiger partial charge is 0.255 e. The summed E-state index contributed by atoms with van der Waals surface area (Å²) in [7, 11) is 0. The molecule has 2 rings (SSSR count). The highest BCUT2D eigenvalue weighted by Crippen LogP contribution is 2.23. The van der Waals surface area contributed by atoms with Crippen LogP contribution in [-0.4, -0.2) is 36.7 Å². The molecule has 0 aromatic heterocycles. The lowest BCUT2D eigenvalue weighted by Gasteiger charge is -2.16. The van der Waals surface area contributed by atoms with E-state index in [0.717, 1.165) is 5.56 Å². The molecule has 10 heteroatoms. The van der Waals surface area contributed by atoms with E-state index in [1.165, 1.54) is 0 Å². The summed E-state index contributed by atoms with van der Waals surface area (Å²) in [5.74, 6) is 0.553. The number of nitrogens with one attached hydrogen (secondary N) is 2. The second-order valence-electron chi connectivity index (χ2n) is 6.20. The van der Waals surface area contributed by atoms with Crippen LogP contribution in [0.15, 0.2) is 47.5 Å². The van der Waals surface area contributed by atoms with Crippen LogP contribution >= 0.6 is 47.2 Å². The Morgan fingerprint density at radius 3 is 2.53 bits per heavy atom. The van der Waals surface area contributed by atoms with Gasteiger partial charge in [0.2, 0.25) is 0 Å². The number of rotatable bonds is 9. The fourth-order valence-corrected chi connectivity index (χ4v) is 3.02. The highest BCUT2D eigenvalue weighted by molar-refractivity contribution is 14.0. The van der Waals surface area contributed by atoms with Crippen molar-refractivity contribution in [2.45, 2.75) is 19.6 Å². The van der Waals surface area contributed by atoms with E-state index in [-0.39, 0.29) is 37.1 Å². The van der Waals surface area contributed by atoms with Crippen molar-refractivity contribution in [1.29, 1.82) is 0 Å². The van der Waals surface area contributed by atoms with Crippen LogP contribution in [-0.2, 0) is 11.3 Å². The van der Waals surface area contributed by atoms with Crippen molar-refractivity contribution in [3.63, 3.8) is 0 Å². The van der Waals surface area contributed by atoms with Crippen LogP contribution in [0.1, 0.15) is 24.2 Å². The molecule has 0 aliphatic heterocycles. The molecule has 7 nitrogen and oxygen atoms in total. The highest BCUT2D eigenvalue weighted by atomic mass is 127. The topological polar surface area (TPSA) is 109 Å². The van der Waals surface area contributed by atoms with E-state index < -0.39 is 12.0 Å². The molecule has 0 saturated heterocycles. The van der Waals surface area contributed by atoms with Gasteiger partial charge in [0.05, 0.1) is 12.6 Å². The average Bonchev–Trinajstić information content (AvgIpc) is 2.68. The molecule has 0 fully saturated rings. The lowest BCUT2D eigenvalue weighted by atomic mass is 10.1. The first kappa shape index (κ1) is 26.3. The van der Waals surface area contributed by atoms with Crippen LogP contribution in [0.5, 0.6) is 5.75 Å². The minimum atomic E-state index is -0.805. The van der Waals surface area contributed by atoms with E-state index in [2.05, 4.69) is 15.6 Å². The summed E-state index contributed by atoms with van der Waals surface area (Å²) in [4.78, 5) is 15.3. The molecule has 1 atom stereocenters. The van der Waals surface area contributed by atoms with Crippen LogP contribution in [0.2, 0.25) is 10.0 Å². The fourth-order valence-electron chi connectivity index (χ4n) is 2.48. The Balaban J connectivity index is 0.00000450. The van der Waals surface area contributed by atoms with Gasteiger partial charge < -0.3 is 26.2 Å². The summed E-state index contributed by atoms with van der Waals surface area (Å²) < 4.78 is 5.30. The molecular formula is C20H25Cl2IN4O3. The van der Waals surface area contributed by atoms with Gasteiger partial charge in [-0.05, 0) is 48.4 Å². The summed E-state index contributed by atoms with van der Waals surface area (Å²) in [6, 6.07) is 12.2. The van der Waals surface area contributed by atoms with Crippen molar-refractivity contribution in [1.82, 2.24) is 10.6 Å². The number of primary amides is 1. The third-order valence-corrected chi connectivity index (χ3v) is 4.21. The lowest BCUT2D eigenvalue weighted by molar-refractivity contribution is -0.119. The number of nitrogens with two attached hydrogens (primary N) is 1. The Morgan fingerprint density at radius 1 is 1.20 bits per heavy atom. The fraction of sp³-hybridized carbons (Fsp3) is 0.300. The number of halogens is 3. The number of aliphatic hydroxyl groups excluding tert-OH is 1.